The van der Waals surface area contributed by atoms with Crippen molar-refractivity contribution < 1.29 is 4.18 Å². The van der Waals surface area contributed by atoms with Crippen LogP contribution in [0.4, 0.5) is 0 Å². The van der Waals surface area contributed by atoms with Crippen LogP contribution >= 0.6 is 12.0 Å². The second kappa shape index (κ2) is 8.71. The highest BCUT2D eigenvalue weighted by molar-refractivity contribution is 7.94. The van der Waals surface area contributed by atoms with E-state index in [-0.39, 0.29) is 0 Å². The average Bonchev–Trinajstić information content (AvgIpc) is 2.54. The van der Waals surface area contributed by atoms with Crippen LogP contribution in [0.15, 0.2) is 65.6 Å². The zero-order chi connectivity index (χ0) is 14.9. The van der Waals surface area contributed by atoms with Crippen LogP contribution in [0, 0.1) is 0 Å². The summed E-state index contributed by atoms with van der Waals surface area (Å²) in [7, 11) is 0. The third-order valence-corrected chi connectivity index (χ3v) is 4.01. The molecule has 0 aliphatic heterocycles. The van der Waals surface area contributed by atoms with Crippen LogP contribution in [0.3, 0.4) is 0 Å². The number of hydrogen-bond acceptors (Lipinski definition) is 2. The lowest BCUT2D eigenvalue weighted by atomic mass is 9.97. The first-order chi connectivity index (χ1) is 10.3. The van der Waals surface area contributed by atoms with Crippen molar-refractivity contribution >= 4 is 17.6 Å². The van der Waals surface area contributed by atoms with Crippen LogP contribution < -0.4 is 0 Å². The molecule has 110 valence electrons. The van der Waals surface area contributed by atoms with Crippen LogP contribution in [-0.4, -0.2) is 0 Å². The predicted octanol–water partition coefficient (Wildman–Crippen LogP) is 6.11. The Kier molecular flexibility index (Phi) is 6.58. The normalized spacial score (nSPS) is 11.6. The Balaban J connectivity index is 2.05. The molecule has 0 atom stereocenters. The summed E-state index contributed by atoms with van der Waals surface area (Å²) in [6, 6.07) is 18.7. The molecule has 2 rings (SSSR count). The second-order valence-corrected chi connectivity index (χ2v) is 5.68. The smallest absolute Gasteiger partial charge is 0.0875 e. The first-order valence-electron chi connectivity index (χ1n) is 7.47. The highest BCUT2D eigenvalue weighted by atomic mass is 32.2. The van der Waals surface area contributed by atoms with Gasteiger partial charge in [0.1, 0.15) is 0 Å². The van der Waals surface area contributed by atoms with Gasteiger partial charge in [-0.25, -0.2) is 0 Å². The van der Waals surface area contributed by atoms with Crippen LogP contribution in [0.2, 0.25) is 0 Å². The van der Waals surface area contributed by atoms with Crippen molar-refractivity contribution in [2.45, 2.75) is 38.2 Å². The zero-order valence-corrected chi connectivity index (χ0v) is 13.5. The van der Waals surface area contributed by atoms with Gasteiger partial charge in [0.05, 0.1) is 6.61 Å². The highest BCUT2D eigenvalue weighted by Gasteiger charge is 2.06. The molecule has 0 unspecified atom stereocenters. The third-order valence-electron chi connectivity index (χ3n) is 3.31. The first-order valence-corrected chi connectivity index (χ1v) is 8.21. The van der Waals surface area contributed by atoms with Crippen molar-refractivity contribution in [3.63, 3.8) is 0 Å². The van der Waals surface area contributed by atoms with Crippen LogP contribution in [0.25, 0.3) is 5.57 Å². The lowest BCUT2D eigenvalue weighted by Crippen LogP contribution is -1.94. The first kappa shape index (κ1) is 15.9. The second-order valence-electron chi connectivity index (χ2n) is 4.81. The molecule has 0 aliphatic rings. The number of hydrogen-bond donors (Lipinski definition) is 0. The lowest BCUT2D eigenvalue weighted by molar-refractivity contribution is 0.363. The molecular weight excluding hydrogens is 276 g/mol. The summed E-state index contributed by atoms with van der Waals surface area (Å²) in [6.45, 7) is 5.01. The molecule has 21 heavy (non-hydrogen) atoms. The molecule has 0 fully saturated rings. The molecule has 0 bridgehead atoms. The van der Waals surface area contributed by atoms with Crippen molar-refractivity contribution in [1.82, 2.24) is 0 Å². The maximum atomic E-state index is 5.81. The van der Waals surface area contributed by atoms with Gasteiger partial charge in [0.2, 0.25) is 0 Å². The van der Waals surface area contributed by atoms with Crippen LogP contribution in [0.5, 0.6) is 0 Å². The number of allylic oxidation sites excluding steroid dienone is 2. The molecule has 0 amide bonds. The molecule has 0 heterocycles. The summed E-state index contributed by atoms with van der Waals surface area (Å²) in [5.41, 5.74) is 3.97. The van der Waals surface area contributed by atoms with Crippen LogP contribution in [-0.2, 0) is 10.8 Å². The third kappa shape index (κ3) is 4.76. The summed E-state index contributed by atoms with van der Waals surface area (Å²) in [6.07, 6.45) is 4.43. The molecule has 0 saturated heterocycles. The Morgan fingerprint density at radius 3 is 2.43 bits per heavy atom. The fourth-order valence-electron chi connectivity index (χ4n) is 2.29. The van der Waals surface area contributed by atoms with E-state index in [1.165, 1.54) is 28.7 Å². The quantitative estimate of drug-likeness (QED) is 0.570. The Labute approximate surface area is 132 Å². The summed E-state index contributed by atoms with van der Waals surface area (Å²) in [5, 5.41) is 0. The average molecular weight is 298 g/mol. The van der Waals surface area contributed by atoms with Crippen molar-refractivity contribution in [2.75, 3.05) is 0 Å². The molecule has 2 aromatic carbocycles. The van der Waals surface area contributed by atoms with Crippen LogP contribution in [0.1, 0.15) is 37.8 Å². The SMILES string of the molecule is CC/C=C(\CC)c1ccccc1COSc1ccccc1. The van der Waals surface area contributed by atoms with E-state index in [4.69, 9.17) is 4.18 Å². The molecule has 0 spiro atoms. The summed E-state index contributed by atoms with van der Waals surface area (Å²) >= 11 is 1.44. The zero-order valence-electron chi connectivity index (χ0n) is 12.7. The van der Waals surface area contributed by atoms with Crippen molar-refractivity contribution in [2.24, 2.45) is 0 Å². The number of rotatable bonds is 7. The molecule has 2 heteroatoms. The van der Waals surface area contributed by atoms with Crippen molar-refractivity contribution in [3.8, 4) is 0 Å². The van der Waals surface area contributed by atoms with Gasteiger partial charge in [-0.3, -0.25) is 0 Å². The molecule has 0 aromatic heterocycles. The highest BCUT2D eigenvalue weighted by Crippen LogP contribution is 2.26. The van der Waals surface area contributed by atoms with Gasteiger partial charge in [0, 0.05) is 16.9 Å². The van der Waals surface area contributed by atoms with Gasteiger partial charge >= 0.3 is 0 Å². The minimum atomic E-state index is 0.622. The fourth-order valence-corrected chi connectivity index (χ4v) is 2.88. The maximum Gasteiger partial charge on any atom is 0.0875 e. The standard InChI is InChI=1S/C19H22OS/c1-3-10-16(4-2)19-14-9-8-11-17(19)15-20-21-18-12-6-5-7-13-18/h5-14H,3-4,15H2,1-2H3/b16-10+. The molecule has 0 N–H and O–H groups in total. The van der Waals surface area contributed by atoms with Gasteiger partial charge in [0.25, 0.3) is 0 Å². The Morgan fingerprint density at radius 1 is 1.00 bits per heavy atom. The Hall–Kier alpha value is -1.51. The largest absolute Gasteiger partial charge is 0.305 e. The Bertz CT molecular complexity index is 575. The van der Waals surface area contributed by atoms with E-state index in [0.29, 0.717) is 6.61 Å². The molecule has 0 saturated carbocycles. The molecular formula is C19H22OS. The lowest BCUT2D eigenvalue weighted by Gasteiger charge is -2.12. The van der Waals surface area contributed by atoms with E-state index in [2.05, 4.69) is 56.3 Å². The van der Waals surface area contributed by atoms with E-state index < -0.39 is 0 Å². The summed E-state index contributed by atoms with van der Waals surface area (Å²) < 4.78 is 5.81. The number of benzene rings is 2. The van der Waals surface area contributed by atoms with E-state index in [0.717, 1.165) is 17.7 Å². The fraction of sp³-hybridized carbons (Fsp3) is 0.263. The van der Waals surface area contributed by atoms with E-state index >= 15 is 0 Å². The van der Waals surface area contributed by atoms with Crippen molar-refractivity contribution in [3.05, 3.63) is 71.8 Å². The minimum absolute atomic E-state index is 0.622. The Morgan fingerprint density at radius 2 is 1.71 bits per heavy atom. The van der Waals surface area contributed by atoms with Gasteiger partial charge in [-0.1, -0.05) is 62.4 Å². The molecule has 0 aliphatic carbocycles. The summed E-state index contributed by atoms with van der Waals surface area (Å²) in [4.78, 5) is 1.13. The van der Waals surface area contributed by atoms with E-state index in [9.17, 15) is 0 Å². The van der Waals surface area contributed by atoms with Crippen molar-refractivity contribution in [1.29, 1.82) is 0 Å². The van der Waals surface area contributed by atoms with Gasteiger partial charge in [0.15, 0.2) is 0 Å². The predicted molar refractivity (Wildman–Crippen MR) is 92.1 cm³/mol. The van der Waals surface area contributed by atoms with E-state index in [1.54, 1.807) is 0 Å². The molecule has 1 nitrogen and oxygen atoms in total. The maximum absolute atomic E-state index is 5.81. The summed E-state index contributed by atoms with van der Waals surface area (Å²) in [5.74, 6) is 0. The van der Waals surface area contributed by atoms with Gasteiger partial charge in [-0.05, 0) is 41.7 Å². The molecule has 2 aromatic rings. The van der Waals surface area contributed by atoms with E-state index in [1.807, 2.05) is 18.2 Å². The monoisotopic (exact) mass is 298 g/mol. The minimum Gasteiger partial charge on any atom is -0.305 e. The van der Waals surface area contributed by atoms with Gasteiger partial charge < -0.3 is 4.18 Å². The van der Waals surface area contributed by atoms with Gasteiger partial charge in [-0.15, -0.1) is 0 Å². The van der Waals surface area contributed by atoms with Gasteiger partial charge in [-0.2, -0.15) is 0 Å². The topological polar surface area (TPSA) is 9.23 Å². The molecule has 0 radical (unpaired) electrons.